The Morgan fingerprint density at radius 2 is 1.62 bits per heavy atom. The molecule has 0 saturated heterocycles. The van der Waals surface area contributed by atoms with Crippen molar-refractivity contribution in [2.75, 3.05) is 16.4 Å². The van der Waals surface area contributed by atoms with Gasteiger partial charge in [-0.05, 0) is 80.3 Å². The molecule has 174 valence electrons. The number of fused-ring (bicyclic) bond motifs is 1. The lowest BCUT2D eigenvalue weighted by atomic mass is 10.1. The van der Waals surface area contributed by atoms with Gasteiger partial charge in [0, 0.05) is 11.4 Å². The summed E-state index contributed by atoms with van der Waals surface area (Å²) < 4.78 is 1.86. The van der Waals surface area contributed by atoms with Crippen LogP contribution in [0.25, 0.3) is 11.0 Å². The molecule has 0 unspecified atom stereocenters. The number of carbonyl (C=O) groups is 2. The van der Waals surface area contributed by atoms with Gasteiger partial charge in [0.05, 0.1) is 16.8 Å². The average molecular weight is 473 g/mol. The zero-order valence-corrected chi connectivity index (χ0v) is 20.6. The summed E-state index contributed by atoms with van der Waals surface area (Å²) in [5.74, 6) is -0.0699. The highest BCUT2D eigenvalue weighted by Gasteiger charge is 2.16. The number of aromatic nitrogens is 2. The Kier molecular flexibility index (Phi) is 7.03. The monoisotopic (exact) mass is 472 g/mol. The molecule has 34 heavy (non-hydrogen) atoms. The van der Waals surface area contributed by atoms with Crippen molar-refractivity contribution in [3.8, 4) is 0 Å². The van der Waals surface area contributed by atoms with Gasteiger partial charge in [-0.3, -0.25) is 9.59 Å². The third-order valence-electron chi connectivity index (χ3n) is 5.71. The van der Waals surface area contributed by atoms with E-state index in [0.29, 0.717) is 5.16 Å². The third kappa shape index (κ3) is 5.48. The van der Waals surface area contributed by atoms with Crippen molar-refractivity contribution in [1.82, 2.24) is 9.55 Å². The SMILES string of the molecule is Cc1ccc(C)c(NC(=O)Cn2c(SCC(=O)Nc3ccc(C)c(C)c3)nc3ccccc32)c1. The summed E-state index contributed by atoms with van der Waals surface area (Å²) in [4.78, 5) is 30.2. The number of hydrogen-bond acceptors (Lipinski definition) is 4. The summed E-state index contributed by atoms with van der Waals surface area (Å²) >= 11 is 1.32. The lowest BCUT2D eigenvalue weighted by molar-refractivity contribution is -0.117. The highest BCUT2D eigenvalue weighted by Crippen LogP contribution is 2.25. The van der Waals surface area contributed by atoms with Gasteiger partial charge in [0.15, 0.2) is 5.16 Å². The van der Waals surface area contributed by atoms with E-state index in [-0.39, 0.29) is 24.1 Å². The van der Waals surface area contributed by atoms with Gasteiger partial charge < -0.3 is 15.2 Å². The molecule has 0 fully saturated rings. The predicted molar refractivity (Wildman–Crippen MR) is 140 cm³/mol. The summed E-state index contributed by atoms with van der Waals surface area (Å²) in [6, 6.07) is 19.5. The molecule has 4 aromatic rings. The van der Waals surface area contributed by atoms with Crippen LogP contribution in [-0.4, -0.2) is 27.1 Å². The Hall–Kier alpha value is -3.58. The predicted octanol–water partition coefficient (Wildman–Crippen LogP) is 5.64. The number of anilines is 2. The summed E-state index contributed by atoms with van der Waals surface area (Å²) in [7, 11) is 0. The Morgan fingerprint density at radius 3 is 2.41 bits per heavy atom. The number of benzene rings is 3. The fourth-order valence-corrected chi connectivity index (χ4v) is 4.48. The van der Waals surface area contributed by atoms with E-state index in [1.807, 2.05) is 92.9 Å². The van der Waals surface area contributed by atoms with Crippen molar-refractivity contribution in [2.45, 2.75) is 39.4 Å². The highest BCUT2D eigenvalue weighted by atomic mass is 32.2. The molecule has 1 heterocycles. The lowest BCUT2D eigenvalue weighted by Crippen LogP contribution is -2.20. The maximum absolute atomic E-state index is 12.9. The molecule has 6 nitrogen and oxygen atoms in total. The molecule has 0 radical (unpaired) electrons. The van der Waals surface area contributed by atoms with Crippen LogP contribution in [0.5, 0.6) is 0 Å². The fraction of sp³-hybridized carbons (Fsp3) is 0.222. The van der Waals surface area contributed by atoms with Crippen molar-refractivity contribution in [2.24, 2.45) is 0 Å². The van der Waals surface area contributed by atoms with Crippen LogP contribution in [0.1, 0.15) is 22.3 Å². The lowest BCUT2D eigenvalue weighted by Gasteiger charge is -2.12. The molecule has 7 heteroatoms. The van der Waals surface area contributed by atoms with Gasteiger partial charge in [0.1, 0.15) is 6.54 Å². The maximum Gasteiger partial charge on any atom is 0.244 e. The number of rotatable bonds is 7. The first-order chi connectivity index (χ1) is 16.3. The van der Waals surface area contributed by atoms with E-state index in [4.69, 9.17) is 0 Å². The number of hydrogen-bond donors (Lipinski definition) is 2. The Labute approximate surface area is 203 Å². The summed E-state index contributed by atoms with van der Waals surface area (Å²) in [5, 5.41) is 6.59. The number of carbonyl (C=O) groups excluding carboxylic acids is 2. The summed E-state index contributed by atoms with van der Waals surface area (Å²) in [6.07, 6.45) is 0. The van der Waals surface area contributed by atoms with Crippen LogP contribution in [0.2, 0.25) is 0 Å². The van der Waals surface area contributed by atoms with Crippen molar-refractivity contribution >= 4 is 46.0 Å². The normalized spacial score (nSPS) is 10.9. The Balaban J connectivity index is 1.49. The van der Waals surface area contributed by atoms with Crippen molar-refractivity contribution in [3.05, 3.63) is 82.9 Å². The third-order valence-corrected chi connectivity index (χ3v) is 6.69. The number of nitrogens with zero attached hydrogens (tertiary/aromatic N) is 2. The molecule has 0 spiro atoms. The molecular weight excluding hydrogens is 444 g/mol. The minimum absolute atomic E-state index is 0.106. The second kappa shape index (κ2) is 10.1. The van der Waals surface area contributed by atoms with E-state index < -0.39 is 0 Å². The van der Waals surface area contributed by atoms with Gasteiger partial charge in [-0.25, -0.2) is 4.98 Å². The van der Waals surface area contributed by atoms with Crippen molar-refractivity contribution in [3.63, 3.8) is 0 Å². The quantitative estimate of drug-likeness (QED) is 0.341. The maximum atomic E-state index is 12.9. The van der Waals surface area contributed by atoms with Crippen LogP contribution in [0, 0.1) is 27.7 Å². The van der Waals surface area contributed by atoms with Crippen LogP contribution in [0.4, 0.5) is 11.4 Å². The molecular formula is C27H28N4O2S. The standard InChI is InChI=1S/C27H28N4O2S/c1-17-9-10-19(3)23(13-17)29-25(32)15-31-24-8-6-5-7-22(24)30-27(31)34-16-26(33)28-21-12-11-18(2)20(4)14-21/h5-14H,15-16H2,1-4H3,(H,28,33)(H,29,32). The van der Waals surface area contributed by atoms with E-state index in [0.717, 1.165) is 39.1 Å². The average Bonchev–Trinajstić information content (AvgIpc) is 3.14. The van der Waals surface area contributed by atoms with E-state index in [1.165, 1.54) is 17.3 Å². The Morgan fingerprint density at radius 1 is 0.853 bits per heavy atom. The zero-order valence-electron chi connectivity index (χ0n) is 19.8. The van der Waals surface area contributed by atoms with E-state index >= 15 is 0 Å². The molecule has 3 aromatic carbocycles. The van der Waals surface area contributed by atoms with Crippen LogP contribution >= 0.6 is 11.8 Å². The summed E-state index contributed by atoms with van der Waals surface area (Å²) in [6.45, 7) is 8.13. The van der Waals surface area contributed by atoms with Gasteiger partial charge in [-0.15, -0.1) is 0 Å². The zero-order chi connectivity index (χ0) is 24.2. The number of amides is 2. The molecule has 0 aliphatic rings. The first-order valence-corrected chi connectivity index (χ1v) is 12.1. The van der Waals surface area contributed by atoms with Crippen LogP contribution in [-0.2, 0) is 16.1 Å². The van der Waals surface area contributed by atoms with E-state index in [1.54, 1.807) is 0 Å². The van der Waals surface area contributed by atoms with Gasteiger partial charge >= 0.3 is 0 Å². The minimum atomic E-state index is -0.140. The van der Waals surface area contributed by atoms with Crippen LogP contribution < -0.4 is 10.6 Å². The number of nitrogens with one attached hydrogen (secondary N) is 2. The molecule has 1 aromatic heterocycles. The van der Waals surface area contributed by atoms with Crippen molar-refractivity contribution < 1.29 is 9.59 Å². The summed E-state index contributed by atoms with van der Waals surface area (Å²) in [5.41, 5.74) is 7.62. The molecule has 4 rings (SSSR count). The Bertz CT molecular complexity index is 1380. The molecule has 2 N–H and O–H groups in total. The first kappa shape index (κ1) is 23.6. The molecule has 0 atom stereocenters. The number of aryl methyl sites for hydroxylation is 4. The number of para-hydroxylation sites is 2. The molecule has 0 saturated carbocycles. The van der Waals surface area contributed by atoms with Gasteiger partial charge in [-0.1, -0.05) is 42.1 Å². The largest absolute Gasteiger partial charge is 0.325 e. The number of imidazole rings is 1. The number of thioether (sulfide) groups is 1. The van der Waals surface area contributed by atoms with Crippen molar-refractivity contribution in [1.29, 1.82) is 0 Å². The second-order valence-corrected chi connectivity index (χ2v) is 9.41. The van der Waals surface area contributed by atoms with Crippen LogP contribution in [0.15, 0.2) is 65.8 Å². The van der Waals surface area contributed by atoms with Gasteiger partial charge in [-0.2, -0.15) is 0 Å². The second-order valence-electron chi connectivity index (χ2n) is 8.47. The van der Waals surface area contributed by atoms with E-state index in [9.17, 15) is 9.59 Å². The molecule has 0 bridgehead atoms. The van der Waals surface area contributed by atoms with Gasteiger partial charge in [0.25, 0.3) is 0 Å². The first-order valence-electron chi connectivity index (χ1n) is 11.1. The topological polar surface area (TPSA) is 76.0 Å². The molecule has 0 aliphatic heterocycles. The fourth-order valence-electron chi connectivity index (χ4n) is 3.67. The molecule has 2 amide bonds. The van der Waals surface area contributed by atoms with E-state index in [2.05, 4.69) is 15.6 Å². The van der Waals surface area contributed by atoms with Gasteiger partial charge in [0.2, 0.25) is 11.8 Å². The van der Waals surface area contributed by atoms with Crippen LogP contribution in [0.3, 0.4) is 0 Å². The smallest absolute Gasteiger partial charge is 0.244 e. The molecule has 0 aliphatic carbocycles. The highest BCUT2D eigenvalue weighted by molar-refractivity contribution is 7.99. The minimum Gasteiger partial charge on any atom is -0.325 e.